The van der Waals surface area contributed by atoms with Gasteiger partial charge in [0.25, 0.3) is 0 Å². The van der Waals surface area contributed by atoms with E-state index < -0.39 is 24.1 Å². The predicted octanol–water partition coefficient (Wildman–Crippen LogP) is 2.42. The standard InChI is InChI=1S/C19H20O5/c1-14(2)24-17(20)13-23-18(21)19(22,15-9-5-3-6-10-15)16-11-7-4-8-12-16/h3-12,14,22H,13H2,1-2H3. The van der Waals surface area contributed by atoms with Gasteiger partial charge in [0.1, 0.15) is 0 Å². The number of hydrogen-bond donors (Lipinski definition) is 1. The first-order valence-corrected chi connectivity index (χ1v) is 7.64. The van der Waals surface area contributed by atoms with E-state index in [0.717, 1.165) is 0 Å². The van der Waals surface area contributed by atoms with Gasteiger partial charge in [-0.3, -0.25) is 0 Å². The molecule has 5 nitrogen and oxygen atoms in total. The molecule has 0 radical (unpaired) electrons. The average Bonchev–Trinajstić information content (AvgIpc) is 2.60. The number of carbonyl (C=O) groups is 2. The van der Waals surface area contributed by atoms with E-state index in [1.807, 2.05) is 0 Å². The summed E-state index contributed by atoms with van der Waals surface area (Å²) in [5.41, 5.74) is -1.28. The number of aliphatic hydroxyl groups is 1. The smallest absolute Gasteiger partial charge is 0.348 e. The lowest BCUT2D eigenvalue weighted by Gasteiger charge is -2.26. The van der Waals surface area contributed by atoms with Crippen LogP contribution >= 0.6 is 0 Å². The Balaban J connectivity index is 2.27. The molecule has 0 aromatic heterocycles. The van der Waals surface area contributed by atoms with Gasteiger partial charge in [-0.1, -0.05) is 60.7 Å². The molecule has 126 valence electrons. The maximum Gasteiger partial charge on any atom is 0.348 e. The van der Waals surface area contributed by atoms with Crippen LogP contribution in [0.2, 0.25) is 0 Å². The fourth-order valence-electron chi connectivity index (χ4n) is 2.29. The van der Waals surface area contributed by atoms with Crippen LogP contribution in [0.4, 0.5) is 0 Å². The van der Waals surface area contributed by atoms with Gasteiger partial charge in [-0.05, 0) is 25.0 Å². The molecule has 5 heteroatoms. The highest BCUT2D eigenvalue weighted by Crippen LogP contribution is 2.30. The van der Waals surface area contributed by atoms with Gasteiger partial charge in [-0.25, -0.2) is 9.59 Å². The second kappa shape index (κ2) is 7.75. The van der Waals surface area contributed by atoms with Crippen LogP contribution < -0.4 is 0 Å². The lowest BCUT2D eigenvalue weighted by Crippen LogP contribution is -2.39. The van der Waals surface area contributed by atoms with Crippen LogP contribution in [-0.4, -0.2) is 29.8 Å². The Bertz CT molecular complexity index is 640. The Morgan fingerprint density at radius 2 is 1.42 bits per heavy atom. The molecule has 0 atom stereocenters. The highest BCUT2D eigenvalue weighted by molar-refractivity contribution is 5.87. The second-order valence-corrected chi connectivity index (χ2v) is 5.56. The van der Waals surface area contributed by atoms with E-state index in [-0.39, 0.29) is 6.10 Å². The van der Waals surface area contributed by atoms with E-state index in [9.17, 15) is 14.7 Å². The zero-order valence-corrected chi connectivity index (χ0v) is 13.6. The van der Waals surface area contributed by atoms with Crippen LogP contribution in [0.3, 0.4) is 0 Å². The lowest BCUT2D eigenvalue weighted by atomic mass is 9.86. The van der Waals surface area contributed by atoms with Crippen LogP contribution in [0.1, 0.15) is 25.0 Å². The highest BCUT2D eigenvalue weighted by atomic mass is 16.6. The number of rotatable bonds is 6. The molecule has 0 fully saturated rings. The Morgan fingerprint density at radius 3 is 1.83 bits per heavy atom. The van der Waals surface area contributed by atoms with Gasteiger partial charge < -0.3 is 14.6 Å². The van der Waals surface area contributed by atoms with Crippen molar-refractivity contribution in [3.05, 3.63) is 71.8 Å². The van der Waals surface area contributed by atoms with Crippen LogP contribution in [0.5, 0.6) is 0 Å². The normalized spacial score (nSPS) is 11.2. The topological polar surface area (TPSA) is 72.8 Å². The third-order valence-electron chi connectivity index (χ3n) is 3.37. The van der Waals surface area contributed by atoms with E-state index in [2.05, 4.69) is 0 Å². The number of esters is 2. The fraction of sp³-hybridized carbons (Fsp3) is 0.263. The molecule has 0 saturated carbocycles. The molecule has 0 heterocycles. The van der Waals surface area contributed by atoms with E-state index in [1.54, 1.807) is 74.5 Å². The van der Waals surface area contributed by atoms with Crippen LogP contribution in [-0.2, 0) is 24.7 Å². The molecular weight excluding hydrogens is 308 g/mol. The quantitative estimate of drug-likeness (QED) is 0.825. The van der Waals surface area contributed by atoms with Crippen LogP contribution in [0.25, 0.3) is 0 Å². The van der Waals surface area contributed by atoms with Gasteiger partial charge in [0.05, 0.1) is 6.10 Å². The molecule has 0 aliphatic rings. The van der Waals surface area contributed by atoms with Gasteiger partial charge in [0.2, 0.25) is 5.60 Å². The minimum absolute atomic E-state index is 0.307. The van der Waals surface area contributed by atoms with E-state index in [4.69, 9.17) is 9.47 Å². The van der Waals surface area contributed by atoms with E-state index in [0.29, 0.717) is 11.1 Å². The number of carbonyl (C=O) groups excluding carboxylic acids is 2. The molecule has 24 heavy (non-hydrogen) atoms. The summed E-state index contributed by atoms with van der Waals surface area (Å²) in [4.78, 5) is 24.2. The zero-order chi connectivity index (χ0) is 17.6. The highest BCUT2D eigenvalue weighted by Gasteiger charge is 2.41. The Kier molecular flexibility index (Phi) is 5.71. The summed E-state index contributed by atoms with van der Waals surface area (Å²) < 4.78 is 9.94. The average molecular weight is 328 g/mol. The molecule has 1 N–H and O–H groups in total. The molecular formula is C19H20O5. The molecule has 0 spiro atoms. The largest absolute Gasteiger partial charge is 0.460 e. The lowest BCUT2D eigenvalue weighted by molar-refractivity contribution is -0.171. The van der Waals surface area contributed by atoms with Crippen molar-refractivity contribution in [1.29, 1.82) is 0 Å². The van der Waals surface area contributed by atoms with Crippen molar-refractivity contribution in [3.8, 4) is 0 Å². The SMILES string of the molecule is CC(C)OC(=O)COC(=O)C(O)(c1ccccc1)c1ccccc1. The Morgan fingerprint density at radius 1 is 0.958 bits per heavy atom. The van der Waals surface area contributed by atoms with Gasteiger partial charge in [0.15, 0.2) is 6.61 Å². The summed E-state index contributed by atoms with van der Waals surface area (Å²) in [5.74, 6) is -1.59. The monoisotopic (exact) mass is 328 g/mol. The van der Waals surface area contributed by atoms with Gasteiger partial charge >= 0.3 is 11.9 Å². The number of ether oxygens (including phenoxy) is 2. The van der Waals surface area contributed by atoms with Gasteiger partial charge in [-0.15, -0.1) is 0 Å². The van der Waals surface area contributed by atoms with Crippen molar-refractivity contribution in [3.63, 3.8) is 0 Å². The molecule has 2 rings (SSSR count). The first kappa shape index (κ1) is 17.7. The first-order chi connectivity index (χ1) is 11.4. The molecule has 2 aromatic carbocycles. The summed E-state index contributed by atoms with van der Waals surface area (Å²) in [7, 11) is 0. The van der Waals surface area contributed by atoms with Crippen molar-refractivity contribution in [2.75, 3.05) is 6.61 Å². The van der Waals surface area contributed by atoms with E-state index in [1.165, 1.54) is 0 Å². The predicted molar refractivity (Wildman–Crippen MR) is 88.1 cm³/mol. The zero-order valence-electron chi connectivity index (χ0n) is 13.6. The third-order valence-corrected chi connectivity index (χ3v) is 3.37. The summed E-state index contributed by atoms with van der Waals surface area (Å²) in [6.07, 6.45) is -0.307. The summed E-state index contributed by atoms with van der Waals surface area (Å²) >= 11 is 0. The maximum absolute atomic E-state index is 12.6. The molecule has 0 saturated heterocycles. The van der Waals surface area contributed by atoms with Crippen molar-refractivity contribution >= 4 is 11.9 Å². The number of hydrogen-bond acceptors (Lipinski definition) is 5. The molecule has 0 aliphatic carbocycles. The third kappa shape index (κ3) is 4.00. The second-order valence-electron chi connectivity index (χ2n) is 5.56. The first-order valence-electron chi connectivity index (χ1n) is 7.64. The van der Waals surface area contributed by atoms with Gasteiger partial charge in [-0.2, -0.15) is 0 Å². The van der Waals surface area contributed by atoms with Crippen molar-refractivity contribution in [1.82, 2.24) is 0 Å². The summed E-state index contributed by atoms with van der Waals surface area (Å²) in [6.45, 7) is 2.84. The molecule has 0 amide bonds. The van der Waals surface area contributed by atoms with Gasteiger partial charge in [0, 0.05) is 0 Å². The Hall–Kier alpha value is -2.66. The number of benzene rings is 2. The molecule has 0 unspecified atom stereocenters. The maximum atomic E-state index is 12.6. The minimum Gasteiger partial charge on any atom is -0.460 e. The van der Waals surface area contributed by atoms with Crippen molar-refractivity contribution < 1.29 is 24.2 Å². The molecule has 0 bridgehead atoms. The summed E-state index contributed by atoms with van der Waals surface area (Å²) in [5, 5.41) is 11.1. The van der Waals surface area contributed by atoms with Crippen LogP contribution in [0, 0.1) is 0 Å². The fourth-order valence-corrected chi connectivity index (χ4v) is 2.29. The Labute approximate surface area is 140 Å². The minimum atomic E-state index is -2.00. The van der Waals surface area contributed by atoms with Crippen LogP contribution in [0.15, 0.2) is 60.7 Å². The molecule has 0 aliphatic heterocycles. The van der Waals surface area contributed by atoms with Crippen molar-refractivity contribution in [2.24, 2.45) is 0 Å². The summed E-state index contributed by atoms with van der Waals surface area (Å²) in [6, 6.07) is 16.9. The molecule has 2 aromatic rings. The van der Waals surface area contributed by atoms with E-state index >= 15 is 0 Å². The van der Waals surface area contributed by atoms with Crippen molar-refractivity contribution in [2.45, 2.75) is 25.6 Å².